The van der Waals surface area contributed by atoms with Crippen LogP contribution >= 0.6 is 0 Å². The quantitative estimate of drug-likeness (QED) is 0.506. The molecule has 0 aliphatic carbocycles. The standard InChI is InChI=1S/C10H18F3NO/c1-3-5-9(14-4-2)6-7-15-8-10(11,12)13/h3,9,14H,1,4-8H2,2H3. The minimum absolute atomic E-state index is 0.116. The predicted octanol–water partition coefficient (Wildman–Crippen LogP) is 2.51. The van der Waals surface area contributed by atoms with E-state index in [1.165, 1.54) is 0 Å². The highest BCUT2D eigenvalue weighted by Gasteiger charge is 2.27. The highest BCUT2D eigenvalue weighted by Crippen LogP contribution is 2.14. The van der Waals surface area contributed by atoms with Crippen molar-refractivity contribution in [2.45, 2.75) is 32.0 Å². The van der Waals surface area contributed by atoms with Crippen molar-refractivity contribution in [3.8, 4) is 0 Å². The maximum absolute atomic E-state index is 11.7. The van der Waals surface area contributed by atoms with Crippen LogP contribution in [-0.2, 0) is 4.74 Å². The monoisotopic (exact) mass is 225 g/mol. The molecule has 0 aromatic heterocycles. The van der Waals surface area contributed by atoms with Crippen LogP contribution in [0.3, 0.4) is 0 Å². The van der Waals surface area contributed by atoms with E-state index >= 15 is 0 Å². The van der Waals surface area contributed by atoms with Gasteiger partial charge in [-0.05, 0) is 19.4 Å². The number of rotatable bonds is 8. The van der Waals surface area contributed by atoms with Crippen LogP contribution in [0.1, 0.15) is 19.8 Å². The van der Waals surface area contributed by atoms with Gasteiger partial charge in [0.15, 0.2) is 0 Å². The molecule has 1 unspecified atom stereocenters. The van der Waals surface area contributed by atoms with Gasteiger partial charge in [0, 0.05) is 12.6 Å². The van der Waals surface area contributed by atoms with Crippen molar-refractivity contribution in [2.75, 3.05) is 19.8 Å². The maximum atomic E-state index is 11.7. The Morgan fingerprint density at radius 1 is 1.47 bits per heavy atom. The molecule has 1 N–H and O–H groups in total. The fraction of sp³-hybridized carbons (Fsp3) is 0.800. The lowest BCUT2D eigenvalue weighted by Gasteiger charge is -2.16. The highest BCUT2D eigenvalue weighted by atomic mass is 19.4. The van der Waals surface area contributed by atoms with Crippen LogP contribution in [0.25, 0.3) is 0 Å². The SMILES string of the molecule is C=CCC(CCOCC(F)(F)F)NCC. The second-order valence-corrected chi connectivity index (χ2v) is 3.24. The van der Waals surface area contributed by atoms with Gasteiger partial charge in [-0.3, -0.25) is 0 Å². The number of ether oxygens (including phenoxy) is 1. The van der Waals surface area contributed by atoms with Gasteiger partial charge in [-0.15, -0.1) is 6.58 Å². The summed E-state index contributed by atoms with van der Waals surface area (Å²) in [5.41, 5.74) is 0. The molecule has 0 aromatic carbocycles. The first kappa shape index (κ1) is 14.5. The van der Waals surface area contributed by atoms with Gasteiger partial charge < -0.3 is 10.1 Å². The molecule has 0 amide bonds. The van der Waals surface area contributed by atoms with E-state index in [0.29, 0.717) is 6.42 Å². The first-order valence-electron chi connectivity index (χ1n) is 4.98. The zero-order valence-electron chi connectivity index (χ0n) is 8.94. The molecule has 0 saturated heterocycles. The summed E-state index contributed by atoms with van der Waals surface area (Å²) >= 11 is 0. The molecule has 15 heavy (non-hydrogen) atoms. The Balaban J connectivity index is 3.57. The smallest absolute Gasteiger partial charge is 0.372 e. The van der Waals surface area contributed by atoms with Crippen molar-refractivity contribution < 1.29 is 17.9 Å². The van der Waals surface area contributed by atoms with Crippen LogP contribution in [0.5, 0.6) is 0 Å². The summed E-state index contributed by atoms with van der Waals surface area (Å²) < 4.78 is 39.7. The average Bonchev–Trinajstić information content (AvgIpc) is 2.11. The number of alkyl halides is 3. The van der Waals surface area contributed by atoms with E-state index in [2.05, 4.69) is 16.6 Å². The van der Waals surface area contributed by atoms with Crippen LogP contribution < -0.4 is 5.32 Å². The summed E-state index contributed by atoms with van der Waals surface area (Å²) in [5, 5.41) is 3.15. The molecule has 0 bridgehead atoms. The molecule has 1 atom stereocenters. The van der Waals surface area contributed by atoms with Crippen molar-refractivity contribution in [3.63, 3.8) is 0 Å². The third kappa shape index (κ3) is 9.75. The molecular weight excluding hydrogens is 207 g/mol. The van der Waals surface area contributed by atoms with E-state index in [-0.39, 0.29) is 12.6 Å². The third-order valence-corrected chi connectivity index (χ3v) is 1.82. The lowest BCUT2D eigenvalue weighted by molar-refractivity contribution is -0.174. The third-order valence-electron chi connectivity index (χ3n) is 1.82. The Morgan fingerprint density at radius 3 is 2.60 bits per heavy atom. The lowest BCUT2D eigenvalue weighted by atomic mass is 10.1. The highest BCUT2D eigenvalue weighted by molar-refractivity contribution is 4.77. The van der Waals surface area contributed by atoms with E-state index in [4.69, 9.17) is 0 Å². The normalized spacial score (nSPS) is 13.9. The molecular formula is C10H18F3NO. The van der Waals surface area contributed by atoms with E-state index < -0.39 is 12.8 Å². The molecule has 0 aliphatic heterocycles. The first-order valence-corrected chi connectivity index (χ1v) is 4.98. The maximum Gasteiger partial charge on any atom is 0.411 e. The second kappa shape index (κ2) is 7.70. The van der Waals surface area contributed by atoms with Crippen molar-refractivity contribution >= 4 is 0 Å². The molecule has 2 nitrogen and oxygen atoms in total. The fourth-order valence-corrected chi connectivity index (χ4v) is 1.21. The Morgan fingerprint density at radius 2 is 2.13 bits per heavy atom. The summed E-state index contributed by atoms with van der Waals surface area (Å²) in [7, 11) is 0. The summed E-state index contributed by atoms with van der Waals surface area (Å²) in [6.07, 6.45) is -1.18. The topological polar surface area (TPSA) is 21.3 Å². The zero-order chi connectivity index (χ0) is 11.7. The Hall–Kier alpha value is -0.550. The molecule has 0 radical (unpaired) electrons. The Bertz CT molecular complexity index is 171. The summed E-state index contributed by atoms with van der Waals surface area (Å²) in [4.78, 5) is 0. The minimum Gasteiger partial charge on any atom is -0.372 e. The Labute approximate surface area is 88.5 Å². The Kier molecular flexibility index (Phi) is 7.42. The van der Waals surface area contributed by atoms with Crippen LogP contribution in [-0.4, -0.2) is 32.0 Å². The van der Waals surface area contributed by atoms with Gasteiger partial charge in [0.2, 0.25) is 0 Å². The van der Waals surface area contributed by atoms with Gasteiger partial charge in [0.1, 0.15) is 6.61 Å². The first-order chi connectivity index (χ1) is 6.99. The summed E-state index contributed by atoms with van der Waals surface area (Å²) in [6.45, 7) is 5.28. The molecule has 0 spiro atoms. The second-order valence-electron chi connectivity index (χ2n) is 3.24. The van der Waals surface area contributed by atoms with E-state index in [1.54, 1.807) is 6.08 Å². The van der Waals surface area contributed by atoms with Crippen LogP contribution in [0, 0.1) is 0 Å². The summed E-state index contributed by atoms with van der Waals surface area (Å²) in [5.74, 6) is 0. The van der Waals surface area contributed by atoms with Crippen LogP contribution in [0.15, 0.2) is 12.7 Å². The number of hydrogen-bond acceptors (Lipinski definition) is 2. The average molecular weight is 225 g/mol. The minimum atomic E-state index is -4.23. The predicted molar refractivity (Wildman–Crippen MR) is 53.8 cm³/mol. The number of hydrogen-bond donors (Lipinski definition) is 1. The molecule has 0 fully saturated rings. The van der Waals surface area contributed by atoms with Crippen molar-refractivity contribution in [3.05, 3.63) is 12.7 Å². The number of nitrogens with one attached hydrogen (secondary N) is 1. The summed E-state index contributed by atoms with van der Waals surface area (Å²) in [6, 6.07) is 0.153. The van der Waals surface area contributed by atoms with Gasteiger partial charge in [0.25, 0.3) is 0 Å². The van der Waals surface area contributed by atoms with Gasteiger partial charge in [-0.1, -0.05) is 13.0 Å². The van der Waals surface area contributed by atoms with Crippen molar-refractivity contribution in [2.24, 2.45) is 0 Å². The van der Waals surface area contributed by atoms with Crippen LogP contribution in [0.2, 0.25) is 0 Å². The van der Waals surface area contributed by atoms with E-state index in [0.717, 1.165) is 13.0 Å². The molecule has 0 rings (SSSR count). The van der Waals surface area contributed by atoms with Gasteiger partial charge in [-0.2, -0.15) is 13.2 Å². The number of halogens is 3. The van der Waals surface area contributed by atoms with Gasteiger partial charge in [0.05, 0.1) is 0 Å². The van der Waals surface area contributed by atoms with Crippen molar-refractivity contribution in [1.82, 2.24) is 5.32 Å². The largest absolute Gasteiger partial charge is 0.411 e. The van der Waals surface area contributed by atoms with E-state index in [9.17, 15) is 13.2 Å². The molecule has 0 aliphatic rings. The molecule has 0 aromatic rings. The fourth-order valence-electron chi connectivity index (χ4n) is 1.21. The van der Waals surface area contributed by atoms with Crippen LogP contribution in [0.4, 0.5) is 13.2 Å². The molecule has 5 heteroatoms. The molecule has 0 heterocycles. The van der Waals surface area contributed by atoms with Crippen molar-refractivity contribution in [1.29, 1.82) is 0 Å². The van der Waals surface area contributed by atoms with E-state index in [1.807, 2.05) is 6.92 Å². The molecule has 0 saturated carbocycles. The zero-order valence-corrected chi connectivity index (χ0v) is 8.94. The lowest BCUT2D eigenvalue weighted by Crippen LogP contribution is -2.30. The van der Waals surface area contributed by atoms with Gasteiger partial charge >= 0.3 is 6.18 Å². The van der Waals surface area contributed by atoms with Gasteiger partial charge in [-0.25, -0.2) is 0 Å². The molecule has 90 valence electrons.